The molecule has 6 atom stereocenters. The molecule has 0 aromatic heterocycles. The van der Waals surface area contributed by atoms with Gasteiger partial charge in [-0.25, -0.2) is 9.13 Å². The molecule has 0 bridgehead atoms. The Hall–Kier alpha value is -1.94. The van der Waals surface area contributed by atoms with Gasteiger partial charge < -0.3 is 33.8 Å². The second kappa shape index (κ2) is 73.6. The van der Waals surface area contributed by atoms with Crippen LogP contribution in [0.3, 0.4) is 0 Å². The van der Waals surface area contributed by atoms with Gasteiger partial charge in [-0.15, -0.1) is 0 Å². The molecule has 0 amide bonds. The molecule has 0 aromatic rings. The summed E-state index contributed by atoms with van der Waals surface area (Å²) in [6.45, 7) is 9.65. The number of hydrogen-bond donors (Lipinski definition) is 3. The highest BCUT2D eigenvalue weighted by molar-refractivity contribution is 7.47. The van der Waals surface area contributed by atoms with Gasteiger partial charge in [-0.2, -0.15) is 0 Å². The van der Waals surface area contributed by atoms with Crippen molar-refractivity contribution >= 4 is 39.5 Å². The second-order valence-electron chi connectivity index (χ2n) is 30.2. The minimum atomic E-state index is -4.96. The molecule has 0 saturated carbocycles. The molecule has 0 spiro atoms. The monoisotopic (exact) mass is 1480 g/mol. The molecule has 0 aliphatic rings. The minimum absolute atomic E-state index is 0.107. The van der Waals surface area contributed by atoms with E-state index < -0.39 is 97.5 Å². The standard InChI is InChI=1S/C82H160O17P2/c1-7-10-12-14-16-18-20-22-23-24-25-26-27-28-29-30-32-34-42-49-55-61-67-82(87)98-77(70-92-79(84)64-58-52-46-40-36-35-39-45-51-57-63-75(6)9-3)72-96-100(88,89)94-68-76(83)69-95-101(90,91)97-73-78(71-93-80(85)65-59-53-47-43-37-38-44-50-56-62-74(4)5)99-81(86)66-60-54-48-41-33-31-21-19-17-15-13-11-8-2/h74-78,83H,7-73H2,1-6H3,(H,88,89)(H,90,91)/t75?,76-,77-,78-/m1/s1. The molecular formula is C82H160O17P2. The molecule has 0 rings (SSSR count). The van der Waals surface area contributed by atoms with E-state index in [1.807, 2.05) is 0 Å². The van der Waals surface area contributed by atoms with Crippen LogP contribution in [0.15, 0.2) is 0 Å². The lowest BCUT2D eigenvalue weighted by atomic mass is 9.99. The Bertz CT molecular complexity index is 1940. The van der Waals surface area contributed by atoms with Crippen LogP contribution in [0.5, 0.6) is 0 Å². The van der Waals surface area contributed by atoms with Gasteiger partial charge in [0, 0.05) is 25.7 Å². The van der Waals surface area contributed by atoms with Crippen molar-refractivity contribution in [3.8, 4) is 0 Å². The zero-order chi connectivity index (χ0) is 74.2. The molecule has 0 aliphatic heterocycles. The maximum atomic E-state index is 13.1. The van der Waals surface area contributed by atoms with Crippen LogP contribution in [-0.4, -0.2) is 96.7 Å². The number of phosphoric acid groups is 2. The molecule has 0 aliphatic carbocycles. The summed E-state index contributed by atoms with van der Waals surface area (Å²) in [5, 5.41) is 10.6. The zero-order valence-electron chi connectivity index (χ0n) is 66.2. The van der Waals surface area contributed by atoms with E-state index in [0.29, 0.717) is 25.7 Å². The molecule has 0 saturated heterocycles. The Kier molecular flexibility index (Phi) is 72.2. The van der Waals surface area contributed by atoms with Crippen molar-refractivity contribution in [1.29, 1.82) is 0 Å². The average Bonchev–Trinajstić information content (AvgIpc) is 0.986. The van der Waals surface area contributed by atoms with E-state index in [1.165, 1.54) is 250 Å². The van der Waals surface area contributed by atoms with Crippen LogP contribution in [0.1, 0.15) is 433 Å². The highest BCUT2D eigenvalue weighted by Gasteiger charge is 2.30. The maximum absolute atomic E-state index is 13.1. The summed E-state index contributed by atoms with van der Waals surface area (Å²) in [4.78, 5) is 73.1. The number of ether oxygens (including phenoxy) is 4. The van der Waals surface area contributed by atoms with Crippen LogP contribution in [0.4, 0.5) is 0 Å². The molecule has 3 unspecified atom stereocenters. The Morgan fingerprint density at radius 2 is 0.505 bits per heavy atom. The maximum Gasteiger partial charge on any atom is 0.472 e. The average molecular weight is 1480 g/mol. The van der Waals surface area contributed by atoms with Crippen LogP contribution in [-0.2, 0) is 65.4 Å². The van der Waals surface area contributed by atoms with Crippen LogP contribution >= 0.6 is 15.6 Å². The Morgan fingerprint density at radius 3 is 0.752 bits per heavy atom. The molecule has 3 N–H and O–H groups in total. The van der Waals surface area contributed by atoms with E-state index in [9.17, 15) is 43.2 Å². The molecule has 101 heavy (non-hydrogen) atoms. The summed E-state index contributed by atoms with van der Waals surface area (Å²) in [5.74, 6) is -0.554. The smallest absolute Gasteiger partial charge is 0.462 e. The van der Waals surface area contributed by atoms with Gasteiger partial charge in [-0.3, -0.25) is 37.3 Å². The quantitative estimate of drug-likeness (QED) is 0.0222. The number of rotatable bonds is 81. The molecular weight excluding hydrogens is 1320 g/mol. The Labute approximate surface area is 619 Å². The topological polar surface area (TPSA) is 237 Å². The van der Waals surface area contributed by atoms with Gasteiger partial charge in [0.2, 0.25) is 0 Å². The highest BCUT2D eigenvalue weighted by atomic mass is 31.2. The SMILES string of the molecule is CCCCCCCCCCCCCCCCCCCCCCCCC(=O)O[C@H](COC(=O)CCCCCCCCCCCCC(C)CC)COP(=O)(O)OC[C@@H](O)COP(=O)(O)OC[C@@H](COC(=O)CCCCCCCCCCCC(C)C)OC(=O)CCCCCCCCCCCCCCC. The number of phosphoric ester groups is 2. The number of carbonyl (C=O) groups excluding carboxylic acids is 4. The van der Waals surface area contributed by atoms with Crippen LogP contribution in [0, 0.1) is 11.8 Å². The van der Waals surface area contributed by atoms with Crippen molar-refractivity contribution in [3.05, 3.63) is 0 Å². The third-order valence-corrected chi connectivity index (χ3v) is 21.5. The summed E-state index contributed by atoms with van der Waals surface area (Å²) < 4.78 is 68.7. The van der Waals surface area contributed by atoms with Crippen molar-refractivity contribution in [2.45, 2.75) is 452 Å². The highest BCUT2D eigenvalue weighted by Crippen LogP contribution is 2.45. The molecule has 0 aromatic carbocycles. The largest absolute Gasteiger partial charge is 0.472 e. The summed E-state index contributed by atoms with van der Waals surface area (Å²) in [5.41, 5.74) is 0. The second-order valence-corrected chi connectivity index (χ2v) is 33.1. The fraction of sp³-hybridized carbons (Fsp3) is 0.951. The van der Waals surface area contributed by atoms with Gasteiger partial charge in [-0.1, -0.05) is 382 Å². The van der Waals surface area contributed by atoms with Gasteiger partial charge in [-0.05, 0) is 37.5 Å². The van der Waals surface area contributed by atoms with E-state index in [0.717, 1.165) is 102 Å². The van der Waals surface area contributed by atoms with Gasteiger partial charge >= 0.3 is 39.5 Å². The van der Waals surface area contributed by atoms with E-state index in [4.69, 9.17) is 37.0 Å². The summed E-state index contributed by atoms with van der Waals surface area (Å²) >= 11 is 0. The molecule has 0 fully saturated rings. The number of carbonyl (C=O) groups is 4. The molecule has 0 radical (unpaired) electrons. The van der Waals surface area contributed by atoms with Crippen molar-refractivity contribution in [3.63, 3.8) is 0 Å². The van der Waals surface area contributed by atoms with Crippen molar-refractivity contribution in [2.24, 2.45) is 11.8 Å². The Morgan fingerprint density at radius 1 is 0.287 bits per heavy atom. The van der Waals surface area contributed by atoms with E-state index in [2.05, 4.69) is 41.5 Å². The van der Waals surface area contributed by atoms with Crippen LogP contribution < -0.4 is 0 Å². The Balaban J connectivity index is 5.22. The first-order valence-electron chi connectivity index (χ1n) is 42.5. The lowest BCUT2D eigenvalue weighted by Gasteiger charge is -2.21. The number of unbranched alkanes of at least 4 members (excludes halogenated alkanes) is 50. The van der Waals surface area contributed by atoms with Crippen LogP contribution in [0.2, 0.25) is 0 Å². The first-order valence-corrected chi connectivity index (χ1v) is 45.5. The van der Waals surface area contributed by atoms with Gasteiger partial charge in [0.05, 0.1) is 26.4 Å². The van der Waals surface area contributed by atoms with Crippen molar-refractivity contribution in [1.82, 2.24) is 0 Å². The number of hydrogen-bond acceptors (Lipinski definition) is 15. The van der Waals surface area contributed by atoms with E-state index in [1.54, 1.807) is 0 Å². The summed E-state index contributed by atoms with van der Waals surface area (Å²) in [6, 6.07) is 0. The number of esters is 4. The van der Waals surface area contributed by atoms with Crippen molar-refractivity contribution < 1.29 is 80.2 Å². The van der Waals surface area contributed by atoms with Crippen molar-refractivity contribution in [2.75, 3.05) is 39.6 Å². The fourth-order valence-electron chi connectivity index (χ4n) is 12.7. The van der Waals surface area contributed by atoms with E-state index in [-0.39, 0.29) is 25.7 Å². The van der Waals surface area contributed by atoms with Crippen LogP contribution in [0.25, 0.3) is 0 Å². The molecule has 17 nitrogen and oxygen atoms in total. The first kappa shape index (κ1) is 99.1. The third-order valence-electron chi connectivity index (χ3n) is 19.6. The first-order chi connectivity index (χ1) is 48.9. The minimum Gasteiger partial charge on any atom is -0.462 e. The predicted molar refractivity (Wildman–Crippen MR) is 414 cm³/mol. The summed E-state index contributed by atoms with van der Waals surface area (Å²) in [6.07, 6.45) is 63.8. The zero-order valence-corrected chi connectivity index (χ0v) is 68.0. The number of aliphatic hydroxyl groups excluding tert-OH is 1. The molecule has 0 heterocycles. The normalized spacial score (nSPS) is 14.2. The third kappa shape index (κ3) is 74.7. The van der Waals surface area contributed by atoms with Gasteiger partial charge in [0.15, 0.2) is 12.2 Å². The summed E-state index contributed by atoms with van der Waals surface area (Å²) in [7, 11) is -9.92. The lowest BCUT2D eigenvalue weighted by Crippen LogP contribution is -2.30. The lowest BCUT2D eigenvalue weighted by molar-refractivity contribution is -0.161. The molecule has 600 valence electrons. The van der Waals surface area contributed by atoms with Gasteiger partial charge in [0.1, 0.15) is 19.3 Å². The van der Waals surface area contributed by atoms with Gasteiger partial charge in [0.25, 0.3) is 0 Å². The predicted octanol–water partition coefficient (Wildman–Crippen LogP) is 24.7. The molecule has 19 heteroatoms. The van der Waals surface area contributed by atoms with E-state index >= 15 is 0 Å². The fourth-order valence-corrected chi connectivity index (χ4v) is 14.3. The number of aliphatic hydroxyl groups is 1.